The van der Waals surface area contributed by atoms with Gasteiger partial charge in [0, 0.05) is 6.54 Å². The van der Waals surface area contributed by atoms with E-state index in [1.807, 2.05) is 30.3 Å². The predicted molar refractivity (Wildman–Crippen MR) is 83.4 cm³/mol. The minimum absolute atomic E-state index is 0.250. The quantitative estimate of drug-likeness (QED) is 0.789. The van der Waals surface area contributed by atoms with Crippen LogP contribution in [0.3, 0.4) is 0 Å². The third-order valence-electron chi connectivity index (χ3n) is 2.70. The Bertz CT molecular complexity index is 622. The number of aromatic nitrogens is 1. The van der Waals surface area contributed by atoms with E-state index in [4.69, 9.17) is 26.3 Å². The Morgan fingerprint density at radius 1 is 1.33 bits per heavy atom. The molecule has 0 aliphatic heterocycles. The van der Waals surface area contributed by atoms with E-state index in [-0.39, 0.29) is 5.15 Å². The van der Waals surface area contributed by atoms with Gasteiger partial charge in [-0.2, -0.15) is 9.64 Å². The van der Waals surface area contributed by atoms with Gasteiger partial charge in [-0.1, -0.05) is 11.6 Å². The second-order valence-corrected chi connectivity index (χ2v) is 5.23. The lowest BCUT2D eigenvalue weighted by Crippen LogP contribution is -2.07. The molecule has 0 saturated heterocycles. The van der Waals surface area contributed by atoms with Crippen LogP contribution in [0, 0.1) is 11.3 Å². The van der Waals surface area contributed by atoms with Gasteiger partial charge in [0.2, 0.25) is 0 Å². The number of nitrogens with one attached hydrogen (secondary N) is 1. The third kappa shape index (κ3) is 4.25. The Labute approximate surface area is 132 Å². The molecule has 0 aliphatic carbocycles. The predicted octanol–water partition coefficient (Wildman–Crippen LogP) is 3.56. The summed E-state index contributed by atoms with van der Waals surface area (Å²) in [7, 11) is 1.63. The molecule has 21 heavy (non-hydrogen) atoms. The zero-order valence-corrected chi connectivity index (χ0v) is 13.0. The SMILES string of the molecule is COc1ccc(OCCCNc2snc(Cl)c2C#N)cc1. The van der Waals surface area contributed by atoms with Crippen LogP contribution in [0.5, 0.6) is 11.5 Å². The van der Waals surface area contributed by atoms with Crippen LogP contribution >= 0.6 is 23.1 Å². The highest BCUT2D eigenvalue weighted by Gasteiger charge is 2.10. The molecule has 0 saturated carbocycles. The van der Waals surface area contributed by atoms with Crippen LogP contribution in [0.15, 0.2) is 24.3 Å². The molecule has 0 radical (unpaired) electrons. The lowest BCUT2D eigenvalue weighted by Gasteiger charge is -2.07. The van der Waals surface area contributed by atoms with Crippen molar-refractivity contribution in [2.45, 2.75) is 6.42 Å². The highest BCUT2D eigenvalue weighted by atomic mass is 35.5. The molecule has 0 unspecified atom stereocenters. The number of benzene rings is 1. The molecule has 7 heteroatoms. The maximum absolute atomic E-state index is 8.94. The molecule has 0 spiro atoms. The molecular formula is C14H14ClN3O2S. The molecule has 1 heterocycles. The summed E-state index contributed by atoms with van der Waals surface area (Å²) in [5.41, 5.74) is 0.401. The maximum Gasteiger partial charge on any atom is 0.162 e. The van der Waals surface area contributed by atoms with E-state index in [9.17, 15) is 0 Å². The average Bonchev–Trinajstić information content (AvgIpc) is 2.87. The van der Waals surface area contributed by atoms with E-state index in [1.165, 1.54) is 11.5 Å². The van der Waals surface area contributed by atoms with Crippen LogP contribution in [0.4, 0.5) is 5.00 Å². The zero-order chi connectivity index (χ0) is 15.1. The summed E-state index contributed by atoms with van der Waals surface area (Å²) in [4.78, 5) is 0. The van der Waals surface area contributed by atoms with Gasteiger partial charge in [0.05, 0.1) is 13.7 Å². The minimum Gasteiger partial charge on any atom is -0.497 e. The lowest BCUT2D eigenvalue weighted by atomic mass is 10.3. The largest absolute Gasteiger partial charge is 0.497 e. The van der Waals surface area contributed by atoms with Gasteiger partial charge in [0.1, 0.15) is 28.1 Å². The molecule has 1 N–H and O–H groups in total. The number of rotatable bonds is 7. The summed E-state index contributed by atoms with van der Waals surface area (Å²) in [6.07, 6.45) is 0.798. The van der Waals surface area contributed by atoms with Crippen molar-refractivity contribution in [2.75, 3.05) is 25.6 Å². The topological polar surface area (TPSA) is 67.2 Å². The van der Waals surface area contributed by atoms with Crippen LogP contribution in [-0.2, 0) is 0 Å². The first-order valence-corrected chi connectivity index (χ1v) is 7.45. The Balaban J connectivity index is 1.71. The Hall–Kier alpha value is -1.97. The van der Waals surface area contributed by atoms with Crippen molar-refractivity contribution in [3.63, 3.8) is 0 Å². The first kappa shape index (κ1) is 15.4. The highest BCUT2D eigenvalue weighted by molar-refractivity contribution is 7.10. The molecule has 0 fully saturated rings. The molecule has 110 valence electrons. The number of hydrogen-bond acceptors (Lipinski definition) is 6. The first-order chi connectivity index (χ1) is 10.2. The summed E-state index contributed by atoms with van der Waals surface area (Å²) in [5.74, 6) is 1.60. The number of methoxy groups -OCH3 is 1. The monoisotopic (exact) mass is 323 g/mol. The zero-order valence-electron chi connectivity index (χ0n) is 11.4. The first-order valence-electron chi connectivity index (χ1n) is 6.30. The molecule has 0 aliphatic rings. The van der Waals surface area contributed by atoms with Crippen LogP contribution < -0.4 is 14.8 Å². The highest BCUT2D eigenvalue weighted by Crippen LogP contribution is 2.27. The lowest BCUT2D eigenvalue weighted by molar-refractivity contribution is 0.314. The molecule has 5 nitrogen and oxygen atoms in total. The van der Waals surface area contributed by atoms with Crippen molar-refractivity contribution >= 4 is 28.1 Å². The summed E-state index contributed by atoms with van der Waals surface area (Å²) in [5, 5.41) is 13.0. The van der Waals surface area contributed by atoms with Crippen LogP contribution in [0.1, 0.15) is 12.0 Å². The van der Waals surface area contributed by atoms with Crippen LogP contribution in [0.2, 0.25) is 5.15 Å². The van der Waals surface area contributed by atoms with E-state index in [0.29, 0.717) is 23.7 Å². The number of ether oxygens (including phenoxy) is 2. The summed E-state index contributed by atoms with van der Waals surface area (Å²) in [6, 6.07) is 9.47. The van der Waals surface area contributed by atoms with Gasteiger partial charge < -0.3 is 14.8 Å². The van der Waals surface area contributed by atoms with Crippen molar-refractivity contribution in [2.24, 2.45) is 0 Å². The second kappa shape index (κ2) is 7.72. The summed E-state index contributed by atoms with van der Waals surface area (Å²) in [6.45, 7) is 1.26. The Morgan fingerprint density at radius 2 is 2.05 bits per heavy atom. The van der Waals surface area contributed by atoms with Crippen LogP contribution in [-0.4, -0.2) is 24.6 Å². The Morgan fingerprint density at radius 3 is 2.71 bits per heavy atom. The number of halogens is 1. The molecule has 1 aromatic carbocycles. The van der Waals surface area contributed by atoms with E-state index < -0.39 is 0 Å². The van der Waals surface area contributed by atoms with Gasteiger partial charge in [-0.05, 0) is 42.2 Å². The van der Waals surface area contributed by atoms with Gasteiger partial charge in [-0.15, -0.1) is 0 Å². The van der Waals surface area contributed by atoms with Crippen molar-refractivity contribution in [3.05, 3.63) is 35.0 Å². The normalized spacial score (nSPS) is 9.95. The molecule has 2 aromatic rings. The van der Waals surface area contributed by atoms with E-state index in [1.54, 1.807) is 7.11 Å². The standard InChI is InChI=1S/C14H14ClN3O2S/c1-19-10-3-5-11(6-4-10)20-8-2-7-17-14-12(9-16)13(15)18-21-14/h3-6,17H,2,7-8H2,1H3. The van der Waals surface area contributed by atoms with Gasteiger partial charge >= 0.3 is 0 Å². The van der Waals surface area contributed by atoms with Crippen molar-refractivity contribution < 1.29 is 9.47 Å². The van der Waals surface area contributed by atoms with E-state index in [0.717, 1.165) is 17.9 Å². The number of anilines is 1. The maximum atomic E-state index is 8.94. The minimum atomic E-state index is 0.250. The van der Waals surface area contributed by atoms with Gasteiger partial charge in [0.25, 0.3) is 0 Å². The fraction of sp³-hybridized carbons (Fsp3) is 0.286. The smallest absolute Gasteiger partial charge is 0.162 e. The fourth-order valence-corrected chi connectivity index (χ4v) is 2.58. The van der Waals surface area contributed by atoms with E-state index in [2.05, 4.69) is 9.69 Å². The number of nitriles is 1. The van der Waals surface area contributed by atoms with Crippen LogP contribution in [0.25, 0.3) is 0 Å². The van der Waals surface area contributed by atoms with Gasteiger partial charge in [-0.25, -0.2) is 0 Å². The molecule has 0 atom stereocenters. The second-order valence-electron chi connectivity index (χ2n) is 4.09. The van der Waals surface area contributed by atoms with Gasteiger partial charge in [-0.3, -0.25) is 0 Å². The fourth-order valence-electron chi connectivity index (χ4n) is 1.62. The van der Waals surface area contributed by atoms with Crippen molar-refractivity contribution in [1.82, 2.24) is 4.37 Å². The molecule has 0 bridgehead atoms. The average molecular weight is 324 g/mol. The van der Waals surface area contributed by atoms with E-state index >= 15 is 0 Å². The number of nitrogens with zero attached hydrogens (tertiary/aromatic N) is 2. The summed E-state index contributed by atoms with van der Waals surface area (Å²) < 4.78 is 14.6. The Kier molecular flexibility index (Phi) is 5.67. The summed E-state index contributed by atoms with van der Waals surface area (Å²) >= 11 is 6.98. The third-order valence-corrected chi connectivity index (χ3v) is 3.88. The van der Waals surface area contributed by atoms with Crippen molar-refractivity contribution in [3.8, 4) is 17.6 Å². The number of hydrogen-bond donors (Lipinski definition) is 1. The van der Waals surface area contributed by atoms with Gasteiger partial charge in [0.15, 0.2) is 5.15 Å². The molecule has 2 rings (SSSR count). The molecule has 0 amide bonds. The molecule has 1 aromatic heterocycles. The van der Waals surface area contributed by atoms with Crippen molar-refractivity contribution in [1.29, 1.82) is 5.26 Å². The molecular weight excluding hydrogens is 310 g/mol.